The molecule has 1 rings (SSSR count). The van der Waals surface area contributed by atoms with Crippen LogP contribution in [0.5, 0.6) is 0 Å². The molecule has 1 aromatic carbocycles. The van der Waals surface area contributed by atoms with E-state index in [0.717, 1.165) is 12.8 Å². The van der Waals surface area contributed by atoms with Gasteiger partial charge >= 0.3 is 0 Å². The summed E-state index contributed by atoms with van der Waals surface area (Å²) in [7, 11) is 0. The largest absolute Gasteiger partial charge is 0.330 e. The first kappa shape index (κ1) is 14.5. The highest BCUT2D eigenvalue weighted by Gasteiger charge is 2.17. The fraction of sp³-hybridized carbons (Fsp3) is 0.385. The minimum atomic E-state index is -0.236. The lowest BCUT2D eigenvalue weighted by Gasteiger charge is -2.14. The van der Waals surface area contributed by atoms with Gasteiger partial charge in [0, 0.05) is 11.6 Å². The third kappa shape index (κ3) is 3.73. The van der Waals surface area contributed by atoms with Crippen LogP contribution < -0.4 is 11.1 Å². The molecule has 1 amide bonds. The number of hydrogen-bond donors (Lipinski definition) is 2. The normalized spacial score (nSPS) is 11.7. The number of nitrogens with zero attached hydrogens (tertiary/aromatic N) is 1. The average Bonchev–Trinajstić information content (AvgIpc) is 2.36. The first-order valence-corrected chi connectivity index (χ1v) is 6.20. The fourth-order valence-electron chi connectivity index (χ4n) is 1.66. The van der Waals surface area contributed by atoms with Gasteiger partial charge in [-0.2, -0.15) is 5.26 Å². The van der Waals surface area contributed by atoms with Gasteiger partial charge in [-0.3, -0.25) is 4.79 Å². The summed E-state index contributed by atoms with van der Waals surface area (Å²) in [5, 5.41) is 12.1. The Bertz CT molecular complexity index is 468. The van der Waals surface area contributed by atoms with E-state index in [9.17, 15) is 4.79 Å². The van der Waals surface area contributed by atoms with Crippen molar-refractivity contribution in [1.29, 1.82) is 5.26 Å². The number of anilines is 1. The molecule has 0 saturated heterocycles. The lowest BCUT2D eigenvalue weighted by Crippen LogP contribution is -2.29. The second-order valence-electron chi connectivity index (χ2n) is 4.01. The van der Waals surface area contributed by atoms with Gasteiger partial charge in [-0.25, -0.2) is 0 Å². The third-order valence-corrected chi connectivity index (χ3v) is 2.89. The molecule has 0 bridgehead atoms. The van der Waals surface area contributed by atoms with E-state index in [1.807, 2.05) is 13.0 Å². The third-order valence-electron chi connectivity index (χ3n) is 2.65. The second-order valence-corrected chi connectivity index (χ2v) is 4.45. The lowest BCUT2D eigenvalue weighted by atomic mass is 10.0. The molecule has 0 aromatic heterocycles. The number of nitrogens with two attached hydrogens (primary N) is 1. The SMILES string of the molecule is CCCC(CN)C(=O)Nc1cc(Cl)ccc1C#N. The quantitative estimate of drug-likeness (QED) is 0.859. The number of halogens is 1. The Labute approximate surface area is 112 Å². The molecule has 96 valence electrons. The van der Waals surface area contributed by atoms with Crippen LogP contribution in [0.3, 0.4) is 0 Å². The highest BCUT2D eigenvalue weighted by atomic mass is 35.5. The fourth-order valence-corrected chi connectivity index (χ4v) is 1.83. The maximum atomic E-state index is 12.0. The van der Waals surface area contributed by atoms with E-state index in [-0.39, 0.29) is 11.8 Å². The van der Waals surface area contributed by atoms with E-state index in [2.05, 4.69) is 5.32 Å². The molecule has 0 fully saturated rings. The van der Waals surface area contributed by atoms with Crippen LogP contribution in [-0.2, 0) is 4.79 Å². The summed E-state index contributed by atoms with van der Waals surface area (Å²) in [6.07, 6.45) is 1.61. The van der Waals surface area contributed by atoms with Crippen LogP contribution in [0.15, 0.2) is 18.2 Å². The van der Waals surface area contributed by atoms with Crippen molar-refractivity contribution in [2.24, 2.45) is 11.7 Å². The van der Waals surface area contributed by atoms with Gasteiger partial charge in [0.25, 0.3) is 0 Å². The van der Waals surface area contributed by atoms with Crippen molar-refractivity contribution in [3.05, 3.63) is 28.8 Å². The molecule has 18 heavy (non-hydrogen) atoms. The van der Waals surface area contributed by atoms with Gasteiger partial charge in [-0.05, 0) is 24.6 Å². The Morgan fingerprint density at radius 2 is 2.33 bits per heavy atom. The van der Waals surface area contributed by atoms with Crippen molar-refractivity contribution in [2.75, 3.05) is 11.9 Å². The molecule has 3 N–H and O–H groups in total. The molecule has 4 nitrogen and oxygen atoms in total. The van der Waals surface area contributed by atoms with E-state index in [0.29, 0.717) is 22.8 Å². The van der Waals surface area contributed by atoms with Gasteiger partial charge in [0.05, 0.1) is 17.2 Å². The average molecular weight is 266 g/mol. The van der Waals surface area contributed by atoms with E-state index in [1.54, 1.807) is 18.2 Å². The van der Waals surface area contributed by atoms with Crippen molar-refractivity contribution in [3.63, 3.8) is 0 Å². The predicted molar refractivity (Wildman–Crippen MR) is 72.2 cm³/mol. The van der Waals surface area contributed by atoms with Crippen molar-refractivity contribution >= 4 is 23.2 Å². The Morgan fingerprint density at radius 1 is 1.61 bits per heavy atom. The molecular weight excluding hydrogens is 250 g/mol. The van der Waals surface area contributed by atoms with Crippen LogP contribution in [0, 0.1) is 17.2 Å². The van der Waals surface area contributed by atoms with Crippen LogP contribution in [-0.4, -0.2) is 12.5 Å². The van der Waals surface area contributed by atoms with Crippen LogP contribution in [0.1, 0.15) is 25.3 Å². The number of hydrogen-bond acceptors (Lipinski definition) is 3. The van der Waals surface area contributed by atoms with Crippen molar-refractivity contribution in [1.82, 2.24) is 0 Å². The molecule has 1 atom stereocenters. The molecule has 1 aromatic rings. The van der Waals surface area contributed by atoms with Crippen LogP contribution in [0.25, 0.3) is 0 Å². The van der Waals surface area contributed by atoms with E-state index >= 15 is 0 Å². The number of amides is 1. The minimum absolute atomic E-state index is 0.168. The zero-order chi connectivity index (χ0) is 13.5. The summed E-state index contributed by atoms with van der Waals surface area (Å²) >= 11 is 5.85. The number of nitriles is 1. The van der Waals surface area contributed by atoms with Gasteiger partial charge in [0.2, 0.25) is 5.91 Å². The van der Waals surface area contributed by atoms with Gasteiger partial charge in [0.15, 0.2) is 0 Å². The Morgan fingerprint density at radius 3 is 2.89 bits per heavy atom. The summed E-state index contributed by atoms with van der Waals surface area (Å²) in [6.45, 7) is 2.29. The lowest BCUT2D eigenvalue weighted by molar-refractivity contribution is -0.119. The van der Waals surface area contributed by atoms with Crippen molar-refractivity contribution in [3.8, 4) is 6.07 Å². The molecule has 0 aliphatic heterocycles. The van der Waals surface area contributed by atoms with Crippen molar-refractivity contribution < 1.29 is 4.79 Å². The zero-order valence-electron chi connectivity index (χ0n) is 10.2. The topological polar surface area (TPSA) is 78.9 Å². The summed E-state index contributed by atoms with van der Waals surface area (Å²) in [6, 6.07) is 6.77. The van der Waals surface area contributed by atoms with Crippen LogP contribution in [0.4, 0.5) is 5.69 Å². The Kier molecular flexibility index (Phi) is 5.63. The summed E-state index contributed by atoms with van der Waals surface area (Å²) in [4.78, 5) is 12.0. The molecule has 0 spiro atoms. The smallest absolute Gasteiger partial charge is 0.228 e. The molecule has 0 aliphatic rings. The first-order chi connectivity index (χ1) is 8.62. The van der Waals surface area contributed by atoms with E-state index < -0.39 is 0 Å². The predicted octanol–water partition coefficient (Wildman–Crippen LogP) is 2.53. The van der Waals surface area contributed by atoms with Crippen LogP contribution >= 0.6 is 11.6 Å². The number of benzene rings is 1. The molecular formula is C13H16ClN3O. The first-order valence-electron chi connectivity index (χ1n) is 5.83. The van der Waals surface area contributed by atoms with Gasteiger partial charge < -0.3 is 11.1 Å². The Hall–Kier alpha value is -1.57. The zero-order valence-corrected chi connectivity index (χ0v) is 11.0. The Balaban J connectivity index is 2.87. The molecule has 0 saturated carbocycles. The standard InChI is InChI=1S/C13H16ClN3O/c1-2-3-10(8-16)13(18)17-12-6-11(14)5-4-9(12)7-15/h4-6,10H,2-3,8,16H2,1H3,(H,17,18). The molecule has 0 radical (unpaired) electrons. The molecule has 0 heterocycles. The molecule has 0 aliphatic carbocycles. The highest BCUT2D eigenvalue weighted by molar-refractivity contribution is 6.31. The maximum Gasteiger partial charge on any atom is 0.228 e. The second kappa shape index (κ2) is 7.00. The number of carbonyl (C=O) groups is 1. The number of rotatable bonds is 5. The molecule has 5 heteroatoms. The monoisotopic (exact) mass is 265 g/mol. The highest BCUT2D eigenvalue weighted by Crippen LogP contribution is 2.21. The summed E-state index contributed by atoms with van der Waals surface area (Å²) in [5.74, 6) is -0.404. The van der Waals surface area contributed by atoms with E-state index in [4.69, 9.17) is 22.6 Å². The molecule has 1 unspecified atom stereocenters. The summed E-state index contributed by atoms with van der Waals surface area (Å²) < 4.78 is 0. The van der Waals surface area contributed by atoms with Crippen LogP contribution in [0.2, 0.25) is 5.02 Å². The summed E-state index contributed by atoms with van der Waals surface area (Å²) in [5.41, 5.74) is 6.39. The van der Waals surface area contributed by atoms with Crippen molar-refractivity contribution in [2.45, 2.75) is 19.8 Å². The van der Waals surface area contributed by atoms with Gasteiger partial charge in [0.1, 0.15) is 6.07 Å². The maximum absolute atomic E-state index is 12.0. The number of nitrogens with one attached hydrogen (secondary N) is 1. The number of carbonyl (C=O) groups excluding carboxylic acids is 1. The van der Waals surface area contributed by atoms with Gasteiger partial charge in [-0.1, -0.05) is 24.9 Å². The minimum Gasteiger partial charge on any atom is -0.330 e. The van der Waals surface area contributed by atoms with Gasteiger partial charge in [-0.15, -0.1) is 0 Å². The van der Waals surface area contributed by atoms with E-state index in [1.165, 1.54) is 0 Å².